The molecule has 8 nitrogen and oxygen atoms in total. The minimum atomic E-state index is -4.32. The molecule has 0 aliphatic heterocycles. The number of hydrogen-bond acceptors (Lipinski definition) is 6. The Bertz CT molecular complexity index is 1120. The minimum absolute atomic E-state index is 0.106. The Morgan fingerprint density at radius 2 is 1.40 bits per heavy atom. The second-order valence-corrected chi connectivity index (χ2v) is 10.8. The SMILES string of the molecule is COCC(C)(NS(=O)(=NS(=O)(=O)c1ccc(C)cc1)c1ccc(C)cc1)C(=O)OC. The topological polar surface area (TPSA) is 111 Å². The van der Waals surface area contributed by atoms with E-state index >= 15 is 0 Å². The van der Waals surface area contributed by atoms with Crippen molar-refractivity contribution in [1.82, 2.24) is 4.72 Å². The number of aryl methyl sites for hydroxylation is 2. The Morgan fingerprint density at radius 1 is 0.933 bits per heavy atom. The van der Waals surface area contributed by atoms with Crippen molar-refractivity contribution in [1.29, 1.82) is 0 Å². The lowest BCUT2D eigenvalue weighted by Gasteiger charge is -2.28. The van der Waals surface area contributed by atoms with Gasteiger partial charge in [0.1, 0.15) is 5.54 Å². The van der Waals surface area contributed by atoms with Gasteiger partial charge in [0.05, 0.1) is 23.5 Å². The molecule has 2 unspecified atom stereocenters. The quantitative estimate of drug-likeness (QED) is 0.614. The van der Waals surface area contributed by atoms with E-state index < -0.39 is 31.4 Å². The van der Waals surface area contributed by atoms with Crippen molar-refractivity contribution in [2.24, 2.45) is 3.77 Å². The van der Waals surface area contributed by atoms with Gasteiger partial charge in [0.15, 0.2) is 9.92 Å². The zero-order valence-corrected chi connectivity index (χ0v) is 19.2. The van der Waals surface area contributed by atoms with Gasteiger partial charge in [-0.25, -0.2) is 13.7 Å². The molecule has 2 aromatic carbocycles. The lowest BCUT2D eigenvalue weighted by molar-refractivity contribution is -0.149. The molecule has 0 bridgehead atoms. The molecule has 164 valence electrons. The van der Waals surface area contributed by atoms with Gasteiger partial charge in [-0.2, -0.15) is 8.42 Å². The molecular formula is C20H26N2O6S2. The molecule has 2 aromatic rings. The van der Waals surface area contributed by atoms with Gasteiger partial charge >= 0.3 is 5.97 Å². The Balaban J connectivity index is 2.72. The fraction of sp³-hybridized carbons (Fsp3) is 0.350. The molecule has 10 heteroatoms. The molecule has 0 spiro atoms. The number of carbonyl (C=O) groups is 1. The number of sulfonamides is 1. The van der Waals surface area contributed by atoms with E-state index in [-0.39, 0.29) is 16.4 Å². The van der Waals surface area contributed by atoms with Crippen LogP contribution in [0.2, 0.25) is 0 Å². The van der Waals surface area contributed by atoms with E-state index in [9.17, 15) is 17.4 Å². The highest BCUT2D eigenvalue weighted by atomic mass is 32.3. The number of rotatable bonds is 8. The fourth-order valence-electron chi connectivity index (χ4n) is 2.68. The van der Waals surface area contributed by atoms with Crippen LogP contribution in [0.5, 0.6) is 0 Å². The average Bonchev–Trinajstić information content (AvgIpc) is 2.67. The van der Waals surface area contributed by atoms with E-state index in [4.69, 9.17) is 9.47 Å². The molecule has 0 heterocycles. The van der Waals surface area contributed by atoms with Crippen LogP contribution >= 0.6 is 0 Å². The second-order valence-electron chi connectivity index (χ2n) is 7.06. The molecule has 0 amide bonds. The third-order valence-electron chi connectivity index (χ3n) is 4.29. The van der Waals surface area contributed by atoms with Crippen molar-refractivity contribution in [3.8, 4) is 0 Å². The van der Waals surface area contributed by atoms with Gasteiger partial charge in [-0.15, -0.1) is 0 Å². The molecule has 0 aliphatic carbocycles. The number of carbonyl (C=O) groups excluding carboxylic acids is 1. The van der Waals surface area contributed by atoms with Crippen LogP contribution in [0.3, 0.4) is 0 Å². The lowest BCUT2D eigenvalue weighted by atomic mass is 10.1. The first-order chi connectivity index (χ1) is 14.0. The normalized spacial score (nSPS) is 15.6. The summed E-state index contributed by atoms with van der Waals surface area (Å²) in [5.74, 6) is -0.771. The summed E-state index contributed by atoms with van der Waals surface area (Å²) < 4.78 is 56.1. The van der Waals surface area contributed by atoms with E-state index in [2.05, 4.69) is 8.49 Å². The van der Waals surface area contributed by atoms with E-state index in [0.29, 0.717) is 0 Å². The van der Waals surface area contributed by atoms with Crippen LogP contribution in [0.15, 0.2) is 62.1 Å². The monoisotopic (exact) mass is 454 g/mol. The third-order valence-corrected chi connectivity index (χ3v) is 8.43. The van der Waals surface area contributed by atoms with Gasteiger partial charge < -0.3 is 9.47 Å². The van der Waals surface area contributed by atoms with E-state index in [0.717, 1.165) is 11.1 Å². The molecule has 0 aliphatic rings. The van der Waals surface area contributed by atoms with Crippen molar-refractivity contribution >= 4 is 25.9 Å². The van der Waals surface area contributed by atoms with Gasteiger partial charge in [-0.1, -0.05) is 39.2 Å². The maximum Gasteiger partial charge on any atom is 0.329 e. The Kier molecular flexibility index (Phi) is 7.40. The standard InChI is InChI=1S/C20H26N2O6S2/c1-15-6-10-17(11-7-15)29(24,21-20(3,14-27-4)19(23)28-5)22-30(25,26)18-12-8-16(2)9-13-18/h6-13H,14H2,1-5H3,(H,21,22,24). The summed E-state index contributed by atoms with van der Waals surface area (Å²) in [5, 5.41) is 0. The molecule has 0 saturated carbocycles. The van der Waals surface area contributed by atoms with Crippen molar-refractivity contribution in [3.05, 3.63) is 59.7 Å². The van der Waals surface area contributed by atoms with Gasteiger partial charge in [-0.3, -0.25) is 0 Å². The third kappa shape index (κ3) is 5.45. The van der Waals surface area contributed by atoms with Gasteiger partial charge in [-0.05, 0) is 45.0 Å². The highest BCUT2D eigenvalue weighted by Crippen LogP contribution is 2.22. The van der Waals surface area contributed by atoms with Gasteiger partial charge in [0.2, 0.25) is 0 Å². The largest absolute Gasteiger partial charge is 0.468 e. The van der Waals surface area contributed by atoms with Crippen LogP contribution in [-0.4, -0.2) is 45.0 Å². The maximum absolute atomic E-state index is 13.9. The molecule has 0 radical (unpaired) electrons. The van der Waals surface area contributed by atoms with Crippen LogP contribution in [-0.2, 0) is 34.2 Å². The zero-order valence-electron chi connectivity index (χ0n) is 17.5. The predicted octanol–water partition coefficient (Wildman–Crippen LogP) is 2.60. The number of ether oxygens (including phenoxy) is 2. The molecule has 2 rings (SSSR count). The number of benzene rings is 2. The van der Waals surface area contributed by atoms with Crippen molar-refractivity contribution in [2.75, 3.05) is 20.8 Å². The Labute approximate surface area is 178 Å². The van der Waals surface area contributed by atoms with Crippen LogP contribution in [0, 0.1) is 13.8 Å². The number of hydrogen-bond donors (Lipinski definition) is 1. The summed E-state index contributed by atoms with van der Waals surface area (Å²) in [4.78, 5) is 12.4. The lowest BCUT2D eigenvalue weighted by Crippen LogP contribution is -2.55. The molecule has 30 heavy (non-hydrogen) atoms. The van der Waals surface area contributed by atoms with Crippen LogP contribution in [0.25, 0.3) is 0 Å². The van der Waals surface area contributed by atoms with E-state index in [1.54, 1.807) is 24.3 Å². The van der Waals surface area contributed by atoms with Gasteiger partial charge in [0, 0.05) is 7.11 Å². The zero-order chi connectivity index (χ0) is 22.6. The predicted molar refractivity (Wildman–Crippen MR) is 114 cm³/mol. The van der Waals surface area contributed by atoms with Crippen molar-refractivity contribution in [3.63, 3.8) is 0 Å². The van der Waals surface area contributed by atoms with Crippen LogP contribution < -0.4 is 4.72 Å². The van der Waals surface area contributed by atoms with Crippen LogP contribution in [0.1, 0.15) is 18.1 Å². The van der Waals surface area contributed by atoms with Crippen molar-refractivity contribution in [2.45, 2.75) is 36.1 Å². The molecule has 0 saturated heterocycles. The second kappa shape index (κ2) is 9.25. The summed E-state index contributed by atoms with van der Waals surface area (Å²) in [7, 11) is -5.62. The summed E-state index contributed by atoms with van der Waals surface area (Å²) in [6.07, 6.45) is 0. The smallest absolute Gasteiger partial charge is 0.329 e. The van der Waals surface area contributed by atoms with Crippen molar-refractivity contribution < 1.29 is 26.9 Å². The summed E-state index contributed by atoms with van der Waals surface area (Å²) in [6, 6.07) is 12.4. The van der Waals surface area contributed by atoms with E-state index in [1.807, 2.05) is 13.8 Å². The molecule has 2 atom stereocenters. The Hall–Kier alpha value is -2.27. The average molecular weight is 455 g/mol. The molecule has 1 N–H and O–H groups in total. The number of nitrogens with zero attached hydrogens (tertiary/aromatic N) is 1. The number of esters is 1. The summed E-state index contributed by atoms with van der Waals surface area (Å²) >= 11 is 0. The number of nitrogens with one attached hydrogen (secondary N) is 1. The van der Waals surface area contributed by atoms with Crippen LogP contribution in [0.4, 0.5) is 0 Å². The summed E-state index contributed by atoms with van der Waals surface area (Å²) in [5.41, 5.74) is 0.136. The maximum atomic E-state index is 13.9. The minimum Gasteiger partial charge on any atom is -0.468 e. The first-order valence-corrected chi connectivity index (χ1v) is 11.9. The highest BCUT2D eigenvalue weighted by molar-refractivity contribution is 8.02. The highest BCUT2D eigenvalue weighted by Gasteiger charge is 2.39. The Morgan fingerprint density at radius 3 is 1.83 bits per heavy atom. The number of methoxy groups -OCH3 is 2. The molecular weight excluding hydrogens is 428 g/mol. The van der Waals surface area contributed by atoms with Gasteiger partial charge in [0.25, 0.3) is 10.0 Å². The molecule has 0 fully saturated rings. The first kappa shape index (κ1) is 24.0. The molecule has 0 aromatic heterocycles. The fourth-order valence-corrected chi connectivity index (χ4v) is 6.48. The van der Waals surface area contributed by atoms with E-state index in [1.165, 1.54) is 45.4 Å². The first-order valence-electron chi connectivity index (χ1n) is 8.99. The summed E-state index contributed by atoms with van der Waals surface area (Å²) in [6.45, 7) is 4.84.